The molecule has 0 saturated heterocycles. The second-order valence-electron chi connectivity index (χ2n) is 6.28. The van der Waals surface area contributed by atoms with Gasteiger partial charge < -0.3 is 5.73 Å². The molecule has 1 fully saturated rings. The molecule has 0 spiro atoms. The zero-order valence-electron chi connectivity index (χ0n) is 10.3. The van der Waals surface area contributed by atoms with Crippen LogP contribution in [0.15, 0.2) is 6.20 Å². The van der Waals surface area contributed by atoms with E-state index in [1.807, 2.05) is 6.20 Å². The number of nitrogens with zero attached hydrogens (tertiary/aromatic N) is 1. The van der Waals surface area contributed by atoms with Crippen molar-refractivity contribution in [3.63, 3.8) is 0 Å². The number of aromatic nitrogens is 2. The van der Waals surface area contributed by atoms with Crippen molar-refractivity contribution >= 4 is 0 Å². The minimum Gasteiger partial charge on any atom is -0.327 e. The number of H-pyrrole nitrogens is 1. The lowest BCUT2D eigenvalue weighted by atomic mass is 9.87. The van der Waals surface area contributed by atoms with Crippen LogP contribution in [0.2, 0.25) is 0 Å². The fourth-order valence-corrected chi connectivity index (χ4v) is 2.40. The molecule has 3 nitrogen and oxygen atoms in total. The Morgan fingerprint density at radius 2 is 1.93 bits per heavy atom. The Bertz CT molecular complexity index is 370. The van der Waals surface area contributed by atoms with Gasteiger partial charge in [0.2, 0.25) is 0 Å². The average Bonchev–Trinajstić information content (AvgIpc) is 2.53. The summed E-state index contributed by atoms with van der Waals surface area (Å²) in [5.41, 5.74) is 8.98. The summed E-state index contributed by atoms with van der Waals surface area (Å²) in [6.07, 6.45) is 1.94. The molecule has 0 bridgehead atoms. The van der Waals surface area contributed by atoms with Gasteiger partial charge in [-0.3, -0.25) is 5.10 Å². The Morgan fingerprint density at radius 3 is 2.33 bits per heavy atom. The van der Waals surface area contributed by atoms with Crippen LogP contribution >= 0.6 is 0 Å². The Morgan fingerprint density at radius 1 is 1.40 bits per heavy atom. The quantitative estimate of drug-likeness (QED) is 0.741. The van der Waals surface area contributed by atoms with Crippen molar-refractivity contribution in [1.82, 2.24) is 10.2 Å². The van der Waals surface area contributed by atoms with E-state index >= 15 is 0 Å². The van der Waals surface area contributed by atoms with Gasteiger partial charge in [0.15, 0.2) is 0 Å². The highest BCUT2D eigenvalue weighted by Gasteiger charge is 2.57. The van der Waals surface area contributed by atoms with Crippen molar-refractivity contribution in [2.75, 3.05) is 0 Å². The van der Waals surface area contributed by atoms with Gasteiger partial charge in [-0.25, -0.2) is 0 Å². The monoisotopic (exact) mass is 207 g/mol. The van der Waals surface area contributed by atoms with Gasteiger partial charge in [0.25, 0.3) is 0 Å². The summed E-state index contributed by atoms with van der Waals surface area (Å²) in [7, 11) is 0. The molecule has 3 heteroatoms. The SMILES string of the molecule is CC(C)(C)c1[nH]ncc1[C@H]1[C@H](N)C1(C)C. The number of nitrogens with two attached hydrogens (primary N) is 1. The zero-order valence-corrected chi connectivity index (χ0v) is 10.3. The second kappa shape index (κ2) is 2.85. The Balaban J connectivity index is 2.36. The molecule has 0 unspecified atom stereocenters. The number of hydrogen-bond acceptors (Lipinski definition) is 2. The van der Waals surface area contributed by atoms with E-state index in [0.717, 1.165) is 0 Å². The first-order chi connectivity index (χ1) is 6.76. The van der Waals surface area contributed by atoms with E-state index in [1.54, 1.807) is 0 Å². The van der Waals surface area contributed by atoms with Gasteiger partial charge in [0, 0.05) is 23.1 Å². The van der Waals surface area contributed by atoms with E-state index in [4.69, 9.17) is 5.73 Å². The molecule has 1 aromatic heterocycles. The molecule has 84 valence electrons. The number of nitrogens with one attached hydrogen (secondary N) is 1. The first-order valence-corrected chi connectivity index (χ1v) is 5.55. The van der Waals surface area contributed by atoms with E-state index in [0.29, 0.717) is 5.92 Å². The van der Waals surface area contributed by atoms with Crippen LogP contribution in [0.1, 0.15) is 51.8 Å². The minimum atomic E-state index is 0.115. The first-order valence-electron chi connectivity index (χ1n) is 5.55. The van der Waals surface area contributed by atoms with Crippen LogP contribution in [0.25, 0.3) is 0 Å². The van der Waals surface area contributed by atoms with E-state index < -0.39 is 0 Å². The summed E-state index contributed by atoms with van der Waals surface area (Å²) in [5, 5.41) is 7.29. The van der Waals surface area contributed by atoms with Gasteiger partial charge in [0.05, 0.1) is 6.20 Å². The standard InChI is InChI=1S/C12H21N3/c1-11(2,3)10-7(6-14-15-10)8-9(13)12(8,4)5/h6,8-9H,13H2,1-5H3,(H,14,15)/t8-,9-/m0/s1. The van der Waals surface area contributed by atoms with Crippen molar-refractivity contribution in [3.05, 3.63) is 17.5 Å². The predicted molar refractivity (Wildman–Crippen MR) is 61.8 cm³/mol. The van der Waals surface area contributed by atoms with Crippen LogP contribution in [0, 0.1) is 5.41 Å². The molecule has 1 heterocycles. The maximum Gasteiger partial charge on any atom is 0.0526 e. The molecular formula is C12H21N3. The van der Waals surface area contributed by atoms with Gasteiger partial charge in [-0.05, 0) is 11.0 Å². The molecule has 1 aliphatic carbocycles. The highest BCUT2D eigenvalue weighted by atomic mass is 15.1. The number of hydrogen-bond donors (Lipinski definition) is 2. The second-order valence-corrected chi connectivity index (χ2v) is 6.28. The van der Waals surface area contributed by atoms with Gasteiger partial charge in [0.1, 0.15) is 0 Å². The summed E-state index contributed by atoms with van der Waals surface area (Å²) in [4.78, 5) is 0. The maximum atomic E-state index is 6.11. The fraction of sp³-hybridized carbons (Fsp3) is 0.750. The molecule has 2 rings (SSSR count). The predicted octanol–water partition coefficient (Wildman–Crippen LogP) is 2.16. The van der Waals surface area contributed by atoms with Crippen LogP contribution in [-0.2, 0) is 5.41 Å². The van der Waals surface area contributed by atoms with Crippen molar-refractivity contribution < 1.29 is 0 Å². The Hall–Kier alpha value is -0.830. The van der Waals surface area contributed by atoms with Crippen LogP contribution in [-0.4, -0.2) is 16.2 Å². The molecule has 0 aromatic carbocycles. The fourth-order valence-electron chi connectivity index (χ4n) is 2.40. The summed E-state index contributed by atoms with van der Waals surface area (Å²) in [5.74, 6) is 0.463. The minimum absolute atomic E-state index is 0.115. The molecule has 0 aliphatic heterocycles. The molecule has 1 aromatic rings. The topological polar surface area (TPSA) is 54.7 Å². The molecule has 0 radical (unpaired) electrons. The highest BCUT2D eigenvalue weighted by molar-refractivity contribution is 5.38. The molecular weight excluding hydrogens is 186 g/mol. The van der Waals surface area contributed by atoms with E-state index in [-0.39, 0.29) is 16.9 Å². The molecule has 15 heavy (non-hydrogen) atoms. The van der Waals surface area contributed by atoms with Crippen molar-refractivity contribution in [1.29, 1.82) is 0 Å². The summed E-state index contributed by atoms with van der Waals surface area (Å²) in [6.45, 7) is 11.0. The van der Waals surface area contributed by atoms with Crippen LogP contribution in [0.3, 0.4) is 0 Å². The van der Waals surface area contributed by atoms with E-state index in [2.05, 4.69) is 44.8 Å². The van der Waals surface area contributed by atoms with Gasteiger partial charge in [-0.2, -0.15) is 5.10 Å². The summed E-state index contributed by atoms with van der Waals surface area (Å²) >= 11 is 0. The molecule has 0 amide bonds. The smallest absolute Gasteiger partial charge is 0.0526 e. The van der Waals surface area contributed by atoms with Crippen molar-refractivity contribution in [3.8, 4) is 0 Å². The maximum absolute atomic E-state index is 6.11. The highest BCUT2D eigenvalue weighted by Crippen LogP contribution is 2.58. The lowest BCUT2D eigenvalue weighted by molar-refractivity contribution is 0.550. The van der Waals surface area contributed by atoms with E-state index in [1.165, 1.54) is 11.3 Å². The lowest BCUT2D eigenvalue weighted by Gasteiger charge is -2.18. The lowest BCUT2D eigenvalue weighted by Crippen LogP contribution is -2.15. The Kier molecular flexibility index (Phi) is 2.03. The third kappa shape index (κ3) is 1.49. The third-order valence-corrected chi connectivity index (χ3v) is 3.66. The number of rotatable bonds is 1. The summed E-state index contributed by atoms with van der Waals surface area (Å²) in [6, 6.07) is 0.274. The normalized spacial score (nSPS) is 29.2. The van der Waals surface area contributed by atoms with Gasteiger partial charge in [-0.1, -0.05) is 34.6 Å². The average molecular weight is 207 g/mol. The zero-order chi connectivity index (χ0) is 11.4. The van der Waals surface area contributed by atoms with Crippen LogP contribution in [0.5, 0.6) is 0 Å². The van der Waals surface area contributed by atoms with Gasteiger partial charge in [-0.15, -0.1) is 0 Å². The largest absolute Gasteiger partial charge is 0.327 e. The third-order valence-electron chi connectivity index (χ3n) is 3.66. The van der Waals surface area contributed by atoms with Crippen LogP contribution in [0.4, 0.5) is 0 Å². The molecule has 3 N–H and O–H groups in total. The van der Waals surface area contributed by atoms with E-state index in [9.17, 15) is 0 Å². The van der Waals surface area contributed by atoms with Gasteiger partial charge >= 0.3 is 0 Å². The summed E-state index contributed by atoms with van der Waals surface area (Å²) < 4.78 is 0. The first kappa shape index (κ1) is 10.7. The van der Waals surface area contributed by atoms with Crippen molar-refractivity contribution in [2.45, 2.75) is 52.0 Å². The molecule has 1 aliphatic rings. The number of aromatic amines is 1. The molecule has 1 saturated carbocycles. The molecule has 2 atom stereocenters. The van der Waals surface area contributed by atoms with Crippen molar-refractivity contribution in [2.24, 2.45) is 11.1 Å². The van der Waals surface area contributed by atoms with Crippen LogP contribution < -0.4 is 5.73 Å². The Labute approximate surface area is 91.4 Å².